The topological polar surface area (TPSA) is 38.3 Å². The Morgan fingerprint density at radius 3 is 2.71 bits per heavy atom. The van der Waals surface area contributed by atoms with Crippen LogP contribution in [0.25, 0.3) is 0 Å². The van der Waals surface area contributed by atoms with Crippen LogP contribution in [0, 0.1) is 0 Å². The van der Waals surface area contributed by atoms with Crippen molar-refractivity contribution in [2.75, 3.05) is 6.61 Å². The van der Waals surface area contributed by atoms with Crippen molar-refractivity contribution < 1.29 is 9.53 Å². The van der Waals surface area contributed by atoms with Crippen LogP contribution in [0.2, 0.25) is 10.0 Å². The highest BCUT2D eigenvalue weighted by molar-refractivity contribution is 6.33. The van der Waals surface area contributed by atoms with E-state index in [1.54, 1.807) is 25.1 Å². The highest BCUT2D eigenvalue weighted by Gasteiger charge is 2.27. The predicted octanol–water partition coefficient (Wildman–Crippen LogP) is 4.52. The van der Waals surface area contributed by atoms with Gasteiger partial charge in [0.15, 0.2) is 0 Å². The quantitative estimate of drug-likeness (QED) is 0.807. The van der Waals surface area contributed by atoms with E-state index < -0.39 is 6.04 Å². The molecule has 1 N–H and O–H groups in total. The minimum absolute atomic E-state index is 0.299. The first kappa shape index (κ1) is 16.6. The molecule has 1 aromatic carbocycles. The monoisotopic (exact) mass is 329 g/mol. The molecule has 3 nitrogen and oxygen atoms in total. The number of nitrogens with one attached hydrogen (secondary N) is 1. The van der Waals surface area contributed by atoms with Gasteiger partial charge in [-0.25, -0.2) is 4.79 Å². The number of hydrogen-bond acceptors (Lipinski definition) is 3. The van der Waals surface area contributed by atoms with Gasteiger partial charge in [0.1, 0.15) is 6.04 Å². The van der Waals surface area contributed by atoms with Gasteiger partial charge in [-0.1, -0.05) is 42.5 Å². The van der Waals surface area contributed by atoms with Crippen molar-refractivity contribution in [1.82, 2.24) is 5.32 Å². The van der Waals surface area contributed by atoms with E-state index >= 15 is 0 Å². The van der Waals surface area contributed by atoms with E-state index in [9.17, 15) is 4.79 Å². The Morgan fingerprint density at radius 2 is 2.05 bits per heavy atom. The predicted molar refractivity (Wildman–Crippen MR) is 85.8 cm³/mol. The number of benzene rings is 1. The summed E-state index contributed by atoms with van der Waals surface area (Å²) in [7, 11) is 0. The first-order valence-corrected chi connectivity index (χ1v) is 8.25. The molecular weight excluding hydrogens is 309 g/mol. The molecule has 0 aromatic heterocycles. The molecule has 0 bridgehead atoms. The minimum Gasteiger partial charge on any atom is -0.465 e. The average molecular weight is 330 g/mol. The van der Waals surface area contributed by atoms with E-state index in [2.05, 4.69) is 5.32 Å². The molecule has 1 fully saturated rings. The lowest BCUT2D eigenvalue weighted by atomic mass is 9.94. The summed E-state index contributed by atoms with van der Waals surface area (Å²) in [6, 6.07) is 4.94. The number of rotatable bonds is 5. The number of esters is 1. The molecule has 1 saturated carbocycles. The molecule has 0 amide bonds. The van der Waals surface area contributed by atoms with Crippen LogP contribution in [0.4, 0.5) is 0 Å². The zero-order valence-electron chi connectivity index (χ0n) is 12.2. The van der Waals surface area contributed by atoms with E-state index in [0.29, 0.717) is 28.3 Å². The number of carbonyl (C=O) groups excluding carboxylic acids is 1. The van der Waals surface area contributed by atoms with Crippen molar-refractivity contribution in [1.29, 1.82) is 0 Å². The molecule has 0 saturated heterocycles. The van der Waals surface area contributed by atoms with Crippen molar-refractivity contribution in [3.05, 3.63) is 33.8 Å². The number of hydrogen-bond donors (Lipinski definition) is 1. The van der Waals surface area contributed by atoms with Crippen LogP contribution in [0.15, 0.2) is 18.2 Å². The van der Waals surface area contributed by atoms with Gasteiger partial charge in [-0.05, 0) is 38.0 Å². The van der Waals surface area contributed by atoms with Gasteiger partial charge in [0, 0.05) is 21.7 Å². The summed E-state index contributed by atoms with van der Waals surface area (Å²) < 4.78 is 5.19. The average Bonchev–Trinajstić information content (AvgIpc) is 2.49. The van der Waals surface area contributed by atoms with E-state index in [1.807, 2.05) is 0 Å². The van der Waals surface area contributed by atoms with Crippen molar-refractivity contribution in [2.45, 2.75) is 51.1 Å². The maximum absolute atomic E-state index is 12.3. The van der Waals surface area contributed by atoms with Gasteiger partial charge in [0.05, 0.1) is 6.61 Å². The number of halogens is 2. The zero-order valence-corrected chi connectivity index (χ0v) is 13.7. The van der Waals surface area contributed by atoms with Gasteiger partial charge in [-0.3, -0.25) is 5.32 Å². The SMILES string of the molecule is CCOC(=O)C(NC1CCCCC1)c1cc(Cl)ccc1Cl. The molecule has 1 unspecified atom stereocenters. The van der Waals surface area contributed by atoms with Gasteiger partial charge in [0.25, 0.3) is 0 Å². The van der Waals surface area contributed by atoms with Crippen LogP contribution in [0.5, 0.6) is 0 Å². The Balaban J connectivity index is 2.22. The summed E-state index contributed by atoms with van der Waals surface area (Å²) >= 11 is 12.3. The zero-order chi connectivity index (χ0) is 15.2. The molecular formula is C16H21Cl2NO2. The summed E-state index contributed by atoms with van der Waals surface area (Å²) in [4.78, 5) is 12.3. The molecule has 1 atom stereocenters. The van der Waals surface area contributed by atoms with Crippen LogP contribution in [-0.2, 0) is 9.53 Å². The van der Waals surface area contributed by atoms with E-state index in [4.69, 9.17) is 27.9 Å². The minimum atomic E-state index is -0.556. The highest BCUT2D eigenvalue weighted by Crippen LogP contribution is 2.29. The fraction of sp³-hybridized carbons (Fsp3) is 0.562. The fourth-order valence-corrected chi connectivity index (χ4v) is 3.16. The molecule has 1 aliphatic carbocycles. The second kappa shape index (κ2) is 8.02. The molecule has 1 aliphatic rings. The summed E-state index contributed by atoms with van der Waals surface area (Å²) in [6.07, 6.45) is 5.80. The largest absolute Gasteiger partial charge is 0.465 e. The third-order valence-electron chi connectivity index (χ3n) is 3.80. The maximum Gasteiger partial charge on any atom is 0.327 e. The normalized spacial score (nSPS) is 17.5. The Morgan fingerprint density at radius 1 is 1.33 bits per heavy atom. The van der Waals surface area contributed by atoms with Crippen LogP contribution >= 0.6 is 23.2 Å². The van der Waals surface area contributed by atoms with Crippen molar-refractivity contribution in [3.8, 4) is 0 Å². The van der Waals surface area contributed by atoms with Gasteiger partial charge in [0.2, 0.25) is 0 Å². The van der Waals surface area contributed by atoms with Crippen LogP contribution in [0.3, 0.4) is 0 Å². The second-order valence-corrected chi connectivity index (χ2v) is 6.20. The summed E-state index contributed by atoms with van der Waals surface area (Å²) in [5.41, 5.74) is 0.688. The van der Waals surface area contributed by atoms with E-state index in [1.165, 1.54) is 19.3 Å². The van der Waals surface area contributed by atoms with Gasteiger partial charge >= 0.3 is 5.97 Å². The van der Waals surface area contributed by atoms with Crippen LogP contribution in [-0.4, -0.2) is 18.6 Å². The molecule has 116 valence electrons. The molecule has 0 radical (unpaired) electrons. The third-order valence-corrected chi connectivity index (χ3v) is 4.38. The maximum atomic E-state index is 12.3. The molecule has 5 heteroatoms. The fourth-order valence-electron chi connectivity index (χ4n) is 2.75. The summed E-state index contributed by atoms with van der Waals surface area (Å²) in [6.45, 7) is 2.15. The second-order valence-electron chi connectivity index (χ2n) is 5.35. The first-order valence-electron chi connectivity index (χ1n) is 7.49. The summed E-state index contributed by atoms with van der Waals surface area (Å²) in [5.74, 6) is -0.299. The smallest absolute Gasteiger partial charge is 0.327 e. The Kier molecular flexibility index (Phi) is 6.34. The van der Waals surface area contributed by atoms with Crippen molar-refractivity contribution >= 4 is 29.2 Å². The molecule has 0 aliphatic heterocycles. The lowest BCUT2D eigenvalue weighted by Gasteiger charge is -2.28. The van der Waals surface area contributed by atoms with Gasteiger partial charge in [-0.15, -0.1) is 0 Å². The molecule has 0 spiro atoms. The lowest BCUT2D eigenvalue weighted by Crippen LogP contribution is -2.39. The van der Waals surface area contributed by atoms with E-state index in [0.717, 1.165) is 12.8 Å². The standard InChI is InChI=1S/C16H21Cl2NO2/c1-2-21-16(20)15(19-12-6-4-3-5-7-12)13-10-11(17)8-9-14(13)18/h8-10,12,15,19H,2-7H2,1H3. The van der Waals surface area contributed by atoms with Crippen molar-refractivity contribution in [2.24, 2.45) is 0 Å². The Hall–Kier alpha value is -0.770. The Bertz CT molecular complexity index is 487. The molecule has 2 rings (SSSR count). The third kappa shape index (κ3) is 4.60. The van der Waals surface area contributed by atoms with Crippen LogP contribution in [0.1, 0.15) is 50.6 Å². The highest BCUT2D eigenvalue weighted by atomic mass is 35.5. The van der Waals surface area contributed by atoms with Gasteiger partial charge in [-0.2, -0.15) is 0 Å². The van der Waals surface area contributed by atoms with Crippen molar-refractivity contribution in [3.63, 3.8) is 0 Å². The molecule has 0 heterocycles. The number of ether oxygens (including phenoxy) is 1. The number of carbonyl (C=O) groups is 1. The Labute approximate surface area is 136 Å². The van der Waals surface area contributed by atoms with Gasteiger partial charge < -0.3 is 4.74 Å². The first-order chi connectivity index (χ1) is 10.1. The lowest BCUT2D eigenvalue weighted by molar-refractivity contribution is -0.146. The summed E-state index contributed by atoms with van der Waals surface area (Å²) in [5, 5.41) is 4.50. The molecule has 21 heavy (non-hydrogen) atoms. The van der Waals surface area contributed by atoms with Crippen LogP contribution < -0.4 is 5.32 Å². The molecule has 1 aromatic rings. The van der Waals surface area contributed by atoms with E-state index in [-0.39, 0.29) is 5.97 Å².